The van der Waals surface area contributed by atoms with Gasteiger partial charge in [-0.2, -0.15) is 0 Å². The van der Waals surface area contributed by atoms with E-state index >= 15 is 0 Å². The van der Waals surface area contributed by atoms with Gasteiger partial charge in [-0.25, -0.2) is 0 Å². The highest BCUT2D eigenvalue weighted by atomic mass is 16.9. The predicted octanol–water partition coefficient (Wildman–Crippen LogP) is 6.22. The Balaban J connectivity index is 1.22. The lowest BCUT2D eigenvalue weighted by Crippen LogP contribution is -2.70. The summed E-state index contributed by atoms with van der Waals surface area (Å²) in [6.07, 6.45) is 4.26. The number of carbonyl (C=O) groups excluding carboxylic acids is 2. The van der Waals surface area contributed by atoms with Crippen LogP contribution in [0.5, 0.6) is 11.5 Å². The summed E-state index contributed by atoms with van der Waals surface area (Å²) < 4.78 is 38.4. The second kappa shape index (κ2) is 11.9. The Morgan fingerprint density at radius 1 is 1.06 bits per heavy atom. The molecule has 0 amide bonds. The van der Waals surface area contributed by atoms with Crippen LogP contribution in [-0.2, 0) is 41.4 Å². The van der Waals surface area contributed by atoms with Crippen molar-refractivity contribution in [1.29, 1.82) is 0 Å². The number of esters is 1. The highest BCUT2D eigenvalue weighted by molar-refractivity contribution is 6.04. The standard InChI is InChI=1S/C41H48O9/c1-24(2)39-20-26(4)41-30(36(39)48-40(49-39,50-41)22-27-12-10-9-11-13-27)17-29(21-38(44)33(41)16-25(3)35(38)43)23-46-34(42)19-28-14-15-31(32(18-28)45-8)47-37(5,6)7/h9-18,26,30,33,36,44H,1,19-23H2,2-8H3/t26-,30+,33-,36-,38-,39-,40-,41-/m1/s1. The van der Waals surface area contributed by atoms with Crippen molar-refractivity contribution in [3.63, 3.8) is 0 Å². The number of hydrogen-bond acceptors (Lipinski definition) is 9. The van der Waals surface area contributed by atoms with Crippen molar-refractivity contribution in [2.24, 2.45) is 17.8 Å². The minimum Gasteiger partial charge on any atom is -0.493 e. The largest absolute Gasteiger partial charge is 0.493 e. The number of carbonyl (C=O) groups is 2. The van der Waals surface area contributed by atoms with Crippen molar-refractivity contribution in [2.45, 2.75) is 102 Å². The molecule has 50 heavy (non-hydrogen) atoms. The number of hydrogen-bond donors (Lipinski definition) is 1. The summed E-state index contributed by atoms with van der Waals surface area (Å²) in [5.74, 6) is -2.42. The zero-order chi connectivity index (χ0) is 35.9. The number of methoxy groups -OCH3 is 1. The van der Waals surface area contributed by atoms with Gasteiger partial charge in [0.05, 0.1) is 25.6 Å². The van der Waals surface area contributed by atoms with E-state index in [4.69, 9.17) is 28.4 Å². The molecule has 2 aliphatic heterocycles. The number of ether oxygens (including phenoxy) is 6. The number of Topliss-reactive ketones (excluding diaryl/α,β-unsaturated/α-hetero) is 1. The van der Waals surface area contributed by atoms with Gasteiger partial charge in [-0.15, -0.1) is 0 Å². The normalized spacial score (nSPS) is 35.4. The van der Waals surface area contributed by atoms with Crippen molar-refractivity contribution in [1.82, 2.24) is 0 Å². The maximum Gasteiger partial charge on any atom is 0.310 e. The second-order valence-corrected chi connectivity index (χ2v) is 15.9. The molecule has 9 heteroatoms. The molecule has 1 N–H and O–H groups in total. The van der Waals surface area contributed by atoms with Crippen LogP contribution in [0, 0.1) is 17.8 Å². The van der Waals surface area contributed by atoms with Crippen LogP contribution in [0.25, 0.3) is 0 Å². The third kappa shape index (κ3) is 5.45. The van der Waals surface area contributed by atoms with Crippen LogP contribution in [0.3, 0.4) is 0 Å². The molecule has 1 saturated carbocycles. The van der Waals surface area contributed by atoms with Crippen molar-refractivity contribution < 1.29 is 43.1 Å². The fourth-order valence-corrected chi connectivity index (χ4v) is 9.12. The van der Waals surface area contributed by atoms with Gasteiger partial charge in [0.2, 0.25) is 0 Å². The predicted molar refractivity (Wildman–Crippen MR) is 185 cm³/mol. The minimum atomic E-state index is -1.80. The topological polar surface area (TPSA) is 110 Å². The van der Waals surface area contributed by atoms with E-state index in [1.54, 1.807) is 26.2 Å². The van der Waals surface area contributed by atoms with Crippen molar-refractivity contribution in [3.8, 4) is 11.5 Å². The first-order chi connectivity index (χ1) is 23.5. The summed E-state index contributed by atoms with van der Waals surface area (Å²) in [6, 6.07) is 15.3. The van der Waals surface area contributed by atoms with E-state index in [0.717, 1.165) is 11.1 Å². The molecule has 2 saturated heterocycles. The van der Waals surface area contributed by atoms with Gasteiger partial charge in [-0.1, -0.05) is 62.1 Å². The summed E-state index contributed by atoms with van der Waals surface area (Å²) in [5.41, 5.74) is -0.503. The SMILES string of the molecule is C=C(C)[C@]12C[C@@H](C)[C@@]34O[C@](Cc5ccccc5)(O[C@@H]1[C@@H]3C=C(COC(=O)Cc1ccc(OC(C)(C)C)c(OC)c1)C[C@]1(O)C(=O)C(C)=C[C@@H]41)O2. The van der Waals surface area contributed by atoms with Gasteiger partial charge in [-0.3, -0.25) is 9.59 Å². The van der Waals surface area contributed by atoms with E-state index in [-0.39, 0.29) is 31.1 Å². The van der Waals surface area contributed by atoms with Gasteiger partial charge in [0.1, 0.15) is 29.5 Å². The molecule has 2 aromatic rings. The Bertz CT molecular complexity index is 1790. The minimum absolute atomic E-state index is 0.000210. The zero-order valence-corrected chi connectivity index (χ0v) is 30.0. The average molecular weight is 685 g/mol. The monoisotopic (exact) mass is 684 g/mol. The third-order valence-electron chi connectivity index (χ3n) is 11.1. The Hall–Kier alpha value is -3.76. The number of fused-ring (bicyclic) bond motifs is 2. The molecule has 0 unspecified atom stereocenters. The molecule has 3 bridgehead atoms. The van der Waals surface area contributed by atoms with Crippen LogP contribution < -0.4 is 9.47 Å². The fraction of sp³-hybridized carbons (Fsp3) is 0.512. The average Bonchev–Trinajstić information content (AvgIpc) is 3.35. The van der Waals surface area contributed by atoms with Crippen molar-refractivity contribution in [2.75, 3.05) is 13.7 Å². The van der Waals surface area contributed by atoms with Crippen LogP contribution in [0.4, 0.5) is 0 Å². The first-order valence-corrected chi connectivity index (χ1v) is 17.5. The lowest BCUT2D eigenvalue weighted by molar-refractivity contribution is -0.421. The van der Waals surface area contributed by atoms with Gasteiger partial charge in [0.25, 0.3) is 5.97 Å². The first-order valence-electron chi connectivity index (χ1n) is 17.5. The van der Waals surface area contributed by atoms with Gasteiger partial charge in [-0.05, 0) is 86.9 Å². The van der Waals surface area contributed by atoms with Crippen LogP contribution in [0.2, 0.25) is 0 Å². The fourth-order valence-electron chi connectivity index (χ4n) is 9.12. The van der Waals surface area contributed by atoms with E-state index in [1.165, 1.54) is 0 Å². The summed E-state index contributed by atoms with van der Waals surface area (Å²) in [6.45, 7) is 15.9. The Morgan fingerprint density at radius 2 is 1.80 bits per heavy atom. The van der Waals surface area contributed by atoms with E-state index in [0.29, 0.717) is 41.1 Å². The van der Waals surface area contributed by atoms with Gasteiger partial charge in [0.15, 0.2) is 17.3 Å². The molecule has 3 aliphatic carbocycles. The molecular weight excluding hydrogens is 636 g/mol. The number of rotatable bonds is 9. The Morgan fingerprint density at radius 3 is 2.48 bits per heavy atom. The van der Waals surface area contributed by atoms with Crippen LogP contribution in [0.1, 0.15) is 65.5 Å². The molecule has 0 radical (unpaired) electrons. The van der Waals surface area contributed by atoms with Crippen molar-refractivity contribution in [3.05, 3.63) is 95.1 Å². The van der Waals surface area contributed by atoms with Crippen molar-refractivity contribution >= 4 is 11.8 Å². The van der Waals surface area contributed by atoms with Gasteiger partial charge >= 0.3 is 5.97 Å². The lowest BCUT2D eigenvalue weighted by Gasteiger charge is -2.59. The summed E-state index contributed by atoms with van der Waals surface area (Å²) >= 11 is 0. The molecule has 5 aliphatic rings. The highest BCUT2D eigenvalue weighted by Crippen LogP contribution is 2.68. The Kier molecular flexibility index (Phi) is 8.26. The van der Waals surface area contributed by atoms with Gasteiger partial charge < -0.3 is 33.5 Å². The highest BCUT2D eigenvalue weighted by Gasteiger charge is 2.79. The molecule has 2 heterocycles. The van der Waals surface area contributed by atoms with Crippen LogP contribution in [0.15, 0.2) is 84.0 Å². The second-order valence-electron chi connectivity index (χ2n) is 15.9. The molecular formula is C41H48O9. The Labute approximate surface area is 294 Å². The number of ketones is 1. The maximum absolute atomic E-state index is 13.9. The first kappa shape index (κ1) is 34.7. The summed E-state index contributed by atoms with van der Waals surface area (Å²) in [4.78, 5) is 27.2. The summed E-state index contributed by atoms with van der Waals surface area (Å²) in [7, 11) is 1.56. The molecule has 2 aromatic carbocycles. The number of benzene rings is 2. The van der Waals surface area contributed by atoms with Crippen LogP contribution >= 0.6 is 0 Å². The van der Waals surface area contributed by atoms with E-state index in [9.17, 15) is 14.7 Å². The smallest absolute Gasteiger partial charge is 0.310 e. The molecule has 266 valence electrons. The maximum atomic E-state index is 13.9. The summed E-state index contributed by atoms with van der Waals surface area (Å²) in [5, 5.41) is 12.5. The molecule has 3 fully saturated rings. The van der Waals surface area contributed by atoms with Crippen LogP contribution in [-0.4, -0.2) is 65.1 Å². The number of aliphatic hydroxyl groups is 1. The zero-order valence-electron chi connectivity index (χ0n) is 30.0. The van der Waals surface area contributed by atoms with E-state index in [1.807, 2.05) is 76.2 Å². The molecule has 9 nitrogen and oxygen atoms in total. The third-order valence-corrected chi connectivity index (χ3v) is 11.1. The quantitative estimate of drug-likeness (QED) is 0.243. The van der Waals surface area contributed by atoms with Gasteiger partial charge in [0, 0.05) is 18.3 Å². The molecule has 7 rings (SSSR count). The molecule has 0 aromatic heterocycles. The lowest BCUT2D eigenvalue weighted by atomic mass is 9.55. The molecule has 8 atom stereocenters. The molecule has 0 spiro atoms. The van der Waals surface area contributed by atoms with E-state index < -0.39 is 52.3 Å². The van der Waals surface area contributed by atoms with E-state index in [2.05, 4.69) is 13.5 Å².